The Kier molecular flexibility index (Phi) is 5.39. The van der Waals surface area contributed by atoms with Gasteiger partial charge in [0.15, 0.2) is 0 Å². The molecule has 0 fully saturated rings. The molecule has 0 saturated heterocycles. The van der Waals surface area contributed by atoms with Gasteiger partial charge in [-0.25, -0.2) is 0 Å². The van der Waals surface area contributed by atoms with Crippen molar-refractivity contribution >= 4 is 0 Å². The van der Waals surface area contributed by atoms with E-state index < -0.39 is 5.60 Å². The Balaban J connectivity index is 2.48. The van der Waals surface area contributed by atoms with Crippen molar-refractivity contribution in [3.05, 3.63) is 29.8 Å². The van der Waals surface area contributed by atoms with Crippen LogP contribution in [0.3, 0.4) is 0 Å². The van der Waals surface area contributed by atoms with E-state index >= 15 is 0 Å². The maximum atomic E-state index is 9.63. The molecule has 0 saturated carbocycles. The summed E-state index contributed by atoms with van der Waals surface area (Å²) in [5.41, 5.74) is 0.638. The number of hydrogen-bond acceptors (Lipinski definition) is 3. The van der Waals surface area contributed by atoms with E-state index in [1.807, 2.05) is 18.2 Å². The summed E-state index contributed by atoms with van der Waals surface area (Å²) in [6, 6.07) is 8.08. The fraction of sp³-hybridized carbons (Fsp3) is 0.625. The third-order valence-electron chi connectivity index (χ3n) is 2.70. The van der Waals surface area contributed by atoms with E-state index in [4.69, 9.17) is 4.74 Å². The molecule has 1 rings (SSSR count). The SMILES string of the molecule is CC(C)(O)CCOc1cccc(CNC(C)(C)C)c1. The lowest BCUT2D eigenvalue weighted by atomic mass is 10.1. The first kappa shape index (κ1) is 16.0. The summed E-state index contributed by atoms with van der Waals surface area (Å²) < 4.78 is 5.67. The van der Waals surface area contributed by atoms with E-state index in [9.17, 15) is 5.11 Å². The van der Waals surface area contributed by atoms with Gasteiger partial charge < -0.3 is 15.2 Å². The van der Waals surface area contributed by atoms with Crippen LogP contribution in [0.25, 0.3) is 0 Å². The largest absolute Gasteiger partial charge is 0.493 e. The molecule has 0 spiro atoms. The van der Waals surface area contributed by atoms with E-state index in [0.717, 1.165) is 12.3 Å². The second-order valence-corrected chi connectivity index (χ2v) is 6.66. The highest BCUT2D eigenvalue weighted by Gasteiger charge is 2.12. The van der Waals surface area contributed by atoms with Gasteiger partial charge in [-0.2, -0.15) is 0 Å². The topological polar surface area (TPSA) is 41.5 Å². The molecule has 0 amide bonds. The van der Waals surface area contributed by atoms with Crippen molar-refractivity contribution in [3.8, 4) is 5.75 Å². The lowest BCUT2D eigenvalue weighted by Crippen LogP contribution is -2.35. The molecule has 0 heterocycles. The number of benzene rings is 1. The summed E-state index contributed by atoms with van der Waals surface area (Å²) in [6.07, 6.45) is 0.622. The summed E-state index contributed by atoms with van der Waals surface area (Å²) in [5.74, 6) is 0.859. The van der Waals surface area contributed by atoms with Gasteiger partial charge in [0.05, 0.1) is 12.2 Å². The van der Waals surface area contributed by atoms with Crippen LogP contribution in [-0.2, 0) is 6.54 Å². The molecule has 0 radical (unpaired) electrons. The normalized spacial score (nSPS) is 12.5. The van der Waals surface area contributed by atoms with Crippen LogP contribution >= 0.6 is 0 Å². The minimum absolute atomic E-state index is 0.109. The predicted molar refractivity (Wildman–Crippen MR) is 79.4 cm³/mol. The first-order valence-electron chi connectivity index (χ1n) is 6.85. The van der Waals surface area contributed by atoms with Gasteiger partial charge in [-0.05, 0) is 52.3 Å². The smallest absolute Gasteiger partial charge is 0.119 e. The number of ether oxygens (including phenoxy) is 1. The van der Waals surface area contributed by atoms with E-state index in [1.165, 1.54) is 5.56 Å². The minimum Gasteiger partial charge on any atom is -0.493 e. The molecule has 0 aliphatic heterocycles. The van der Waals surface area contributed by atoms with Crippen LogP contribution in [0.1, 0.15) is 46.6 Å². The Morgan fingerprint density at radius 3 is 2.42 bits per heavy atom. The fourth-order valence-electron chi connectivity index (χ4n) is 1.53. The molecule has 0 unspecified atom stereocenters. The Morgan fingerprint density at radius 2 is 1.84 bits per heavy atom. The first-order chi connectivity index (χ1) is 8.66. The maximum Gasteiger partial charge on any atom is 0.119 e. The van der Waals surface area contributed by atoms with Crippen molar-refractivity contribution in [3.63, 3.8) is 0 Å². The molecule has 19 heavy (non-hydrogen) atoms. The van der Waals surface area contributed by atoms with Gasteiger partial charge in [0.1, 0.15) is 5.75 Å². The summed E-state index contributed by atoms with van der Waals surface area (Å²) in [7, 11) is 0. The summed E-state index contributed by atoms with van der Waals surface area (Å²) in [5, 5.41) is 13.1. The zero-order chi connectivity index (χ0) is 14.5. The van der Waals surface area contributed by atoms with Crippen molar-refractivity contribution in [1.82, 2.24) is 5.32 Å². The second-order valence-electron chi connectivity index (χ2n) is 6.66. The number of hydrogen-bond donors (Lipinski definition) is 2. The molecule has 0 bridgehead atoms. The molecule has 3 nitrogen and oxygen atoms in total. The fourth-order valence-corrected chi connectivity index (χ4v) is 1.53. The first-order valence-corrected chi connectivity index (χ1v) is 6.85. The molecule has 1 aromatic rings. The third-order valence-corrected chi connectivity index (χ3v) is 2.70. The van der Waals surface area contributed by atoms with Crippen molar-refractivity contribution in [2.45, 2.75) is 58.7 Å². The molecule has 0 atom stereocenters. The van der Waals surface area contributed by atoms with Gasteiger partial charge in [-0.1, -0.05) is 12.1 Å². The average molecular weight is 265 g/mol. The van der Waals surface area contributed by atoms with Crippen LogP contribution in [-0.4, -0.2) is 22.9 Å². The lowest BCUT2D eigenvalue weighted by Gasteiger charge is -2.21. The highest BCUT2D eigenvalue weighted by Crippen LogP contribution is 2.16. The summed E-state index contributed by atoms with van der Waals surface area (Å²) >= 11 is 0. The highest BCUT2D eigenvalue weighted by atomic mass is 16.5. The lowest BCUT2D eigenvalue weighted by molar-refractivity contribution is 0.0553. The molecule has 1 aromatic carbocycles. The molecule has 2 N–H and O–H groups in total. The molecular weight excluding hydrogens is 238 g/mol. The molecule has 0 aliphatic carbocycles. The van der Waals surface area contributed by atoms with Crippen LogP contribution in [0, 0.1) is 0 Å². The maximum absolute atomic E-state index is 9.63. The van der Waals surface area contributed by atoms with Crippen molar-refractivity contribution in [2.24, 2.45) is 0 Å². The molecule has 0 aliphatic rings. The summed E-state index contributed by atoms with van der Waals surface area (Å²) in [4.78, 5) is 0. The van der Waals surface area contributed by atoms with E-state index in [-0.39, 0.29) is 5.54 Å². The van der Waals surface area contributed by atoms with Crippen LogP contribution in [0.2, 0.25) is 0 Å². The number of aliphatic hydroxyl groups is 1. The molecule has 108 valence electrons. The standard InChI is InChI=1S/C16H27NO2/c1-15(2,3)17-12-13-7-6-8-14(11-13)19-10-9-16(4,5)18/h6-8,11,17-18H,9-10,12H2,1-5H3. The van der Waals surface area contributed by atoms with Crippen LogP contribution in [0.15, 0.2) is 24.3 Å². The van der Waals surface area contributed by atoms with Crippen molar-refractivity contribution < 1.29 is 9.84 Å². The average Bonchev–Trinajstić information content (AvgIpc) is 2.24. The van der Waals surface area contributed by atoms with Gasteiger partial charge in [-0.15, -0.1) is 0 Å². The van der Waals surface area contributed by atoms with E-state index in [0.29, 0.717) is 13.0 Å². The van der Waals surface area contributed by atoms with E-state index in [1.54, 1.807) is 13.8 Å². The Labute approximate surface area is 117 Å². The van der Waals surface area contributed by atoms with Crippen molar-refractivity contribution in [1.29, 1.82) is 0 Å². The third kappa shape index (κ3) is 7.85. The Bertz CT molecular complexity index is 388. The van der Waals surface area contributed by atoms with Crippen LogP contribution in [0.4, 0.5) is 0 Å². The van der Waals surface area contributed by atoms with Gasteiger partial charge in [0, 0.05) is 18.5 Å². The predicted octanol–water partition coefficient (Wildman–Crippen LogP) is 3.11. The molecule has 0 aromatic heterocycles. The van der Waals surface area contributed by atoms with Gasteiger partial charge in [-0.3, -0.25) is 0 Å². The summed E-state index contributed by atoms with van der Waals surface area (Å²) in [6.45, 7) is 11.4. The molecular formula is C16H27NO2. The Morgan fingerprint density at radius 1 is 1.16 bits per heavy atom. The zero-order valence-corrected chi connectivity index (χ0v) is 12.8. The Hall–Kier alpha value is -1.06. The van der Waals surface area contributed by atoms with Crippen LogP contribution in [0.5, 0.6) is 5.75 Å². The minimum atomic E-state index is -0.675. The van der Waals surface area contributed by atoms with Gasteiger partial charge in [0.2, 0.25) is 0 Å². The van der Waals surface area contributed by atoms with Gasteiger partial charge in [0.25, 0.3) is 0 Å². The van der Waals surface area contributed by atoms with E-state index in [2.05, 4.69) is 32.2 Å². The zero-order valence-electron chi connectivity index (χ0n) is 12.8. The molecule has 3 heteroatoms. The van der Waals surface area contributed by atoms with Crippen molar-refractivity contribution in [2.75, 3.05) is 6.61 Å². The number of nitrogens with one attached hydrogen (secondary N) is 1. The van der Waals surface area contributed by atoms with Gasteiger partial charge >= 0.3 is 0 Å². The number of rotatable bonds is 6. The quantitative estimate of drug-likeness (QED) is 0.830. The highest BCUT2D eigenvalue weighted by molar-refractivity contribution is 5.28. The monoisotopic (exact) mass is 265 g/mol. The second kappa shape index (κ2) is 6.40. The van der Waals surface area contributed by atoms with Crippen LogP contribution < -0.4 is 10.1 Å².